The van der Waals surface area contributed by atoms with Crippen LogP contribution in [0.2, 0.25) is 0 Å². The van der Waals surface area contributed by atoms with Gasteiger partial charge in [-0.15, -0.1) is 0 Å². The predicted molar refractivity (Wildman–Crippen MR) is 52.8 cm³/mol. The minimum atomic E-state index is -1.69. The van der Waals surface area contributed by atoms with Crippen molar-refractivity contribution in [3.63, 3.8) is 0 Å². The summed E-state index contributed by atoms with van der Waals surface area (Å²) in [5.74, 6) is -6.04. The first-order chi connectivity index (χ1) is 7.99. The summed E-state index contributed by atoms with van der Waals surface area (Å²) in [5, 5.41) is 0. The first kappa shape index (κ1) is 12.2. The SMILES string of the molecule is Cc1nsc(Sc2c(F)c(F)nc(F)c2F)n1. The fraction of sp³-hybridized carbons (Fsp3) is 0.125. The summed E-state index contributed by atoms with van der Waals surface area (Å²) in [6.07, 6.45) is 0. The van der Waals surface area contributed by atoms with E-state index in [9.17, 15) is 17.6 Å². The highest BCUT2D eigenvalue weighted by Gasteiger charge is 2.22. The standard InChI is InChI=1S/C8H3F4N3S2/c1-2-13-8(17-15-2)16-5-3(9)6(11)14-7(12)4(5)10/h1H3. The first-order valence-corrected chi connectivity index (χ1v) is 5.76. The zero-order valence-electron chi connectivity index (χ0n) is 8.17. The molecule has 0 radical (unpaired) electrons. The maximum Gasteiger partial charge on any atom is 0.252 e. The van der Waals surface area contributed by atoms with E-state index in [0.717, 1.165) is 11.5 Å². The molecule has 2 rings (SSSR count). The Morgan fingerprint density at radius 3 is 2.06 bits per heavy atom. The number of rotatable bonds is 2. The molecule has 3 nitrogen and oxygen atoms in total. The smallest absolute Gasteiger partial charge is 0.213 e. The van der Waals surface area contributed by atoms with Gasteiger partial charge >= 0.3 is 0 Å². The molecule has 0 saturated heterocycles. The Balaban J connectivity index is 2.45. The number of nitrogens with zero attached hydrogens (tertiary/aromatic N) is 3. The molecule has 0 atom stereocenters. The average Bonchev–Trinajstić information content (AvgIpc) is 2.68. The van der Waals surface area contributed by atoms with Gasteiger partial charge < -0.3 is 0 Å². The van der Waals surface area contributed by atoms with Gasteiger partial charge in [-0.1, -0.05) is 11.8 Å². The quantitative estimate of drug-likeness (QED) is 0.626. The second kappa shape index (κ2) is 4.57. The summed E-state index contributed by atoms with van der Waals surface area (Å²) in [6, 6.07) is 0. The van der Waals surface area contributed by atoms with E-state index in [-0.39, 0.29) is 4.34 Å². The Morgan fingerprint density at radius 2 is 1.59 bits per heavy atom. The lowest BCUT2D eigenvalue weighted by Crippen LogP contribution is -2.01. The van der Waals surface area contributed by atoms with Crippen LogP contribution in [0.25, 0.3) is 0 Å². The van der Waals surface area contributed by atoms with Crippen LogP contribution < -0.4 is 0 Å². The molecule has 0 unspecified atom stereocenters. The third-order valence-electron chi connectivity index (χ3n) is 1.66. The molecule has 0 aliphatic heterocycles. The first-order valence-electron chi connectivity index (χ1n) is 4.17. The maximum absolute atomic E-state index is 13.2. The van der Waals surface area contributed by atoms with Crippen LogP contribution in [0.5, 0.6) is 0 Å². The largest absolute Gasteiger partial charge is 0.252 e. The lowest BCUT2D eigenvalue weighted by atomic mass is 10.4. The zero-order chi connectivity index (χ0) is 12.6. The van der Waals surface area contributed by atoms with Crippen molar-refractivity contribution in [1.29, 1.82) is 0 Å². The van der Waals surface area contributed by atoms with E-state index in [4.69, 9.17) is 0 Å². The Kier molecular flexibility index (Phi) is 3.29. The maximum atomic E-state index is 13.2. The normalized spacial score (nSPS) is 10.9. The predicted octanol–water partition coefficient (Wildman–Crippen LogP) is 2.95. The number of halogens is 4. The van der Waals surface area contributed by atoms with Gasteiger partial charge in [-0.05, 0) is 18.5 Å². The molecule has 2 aromatic heterocycles. The van der Waals surface area contributed by atoms with E-state index in [1.165, 1.54) is 0 Å². The highest BCUT2D eigenvalue weighted by molar-refractivity contribution is 8.01. The molecule has 0 spiro atoms. The molecule has 17 heavy (non-hydrogen) atoms. The molecule has 0 aliphatic rings. The Hall–Kier alpha value is -1.22. The van der Waals surface area contributed by atoms with Crippen molar-refractivity contribution < 1.29 is 17.6 Å². The van der Waals surface area contributed by atoms with Crippen molar-refractivity contribution in [2.45, 2.75) is 16.2 Å². The molecule has 0 bridgehead atoms. The fourth-order valence-corrected chi connectivity index (χ4v) is 2.60. The van der Waals surface area contributed by atoms with Gasteiger partial charge in [0.15, 0.2) is 16.0 Å². The molecule has 2 heterocycles. The lowest BCUT2D eigenvalue weighted by molar-refractivity contribution is 0.383. The third kappa shape index (κ3) is 2.39. The molecule has 0 aliphatic carbocycles. The highest BCUT2D eigenvalue weighted by Crippen LogP contribution is 2.34. The van der Waals surface area contributed by atoms with Gasteiger partial charge in [0.2, 0.25) is 0 Å². The molecule has 90 valence electrons. The van der Waals surface area contributed by atoms with Crippen molar-refractivity contribution in [3.8, 4) is 0 Å². The second-order valence-electron chi connectivity index (χ2n) is 2.86. The topological polar surface area (TPSA) is 38.7 Å². The molecule has 0 saturated carbocycles. The Morgan fingerprint density at radius 1 is 1.00 bits per heavy atom. The number of pyridine rings is 1. The minimum Gasteiger partial charge on any atom is -0.213 e. The van der Waals surface area contributed by atoms with E-state index >= 15 is 0 Å². The van der Waals surface area contributed by atoms with Gasteiger partial charge in [-0.25, -0.2) is 13.8 Å². The van der Waals surface area contributed by atoms with Gasteiger partial charge in [0, 0.05) is 0 Å². The van der Waals surface area contributed by atoms with Crippen LogP contribution in [-0.2, 0) is 0 Å². The van der Waals surface area contributed by atoms with Crippen molar-refractivity contribution >= 4 is 23.3 Å². The van der Waals surface area contributed by atoms with Crippen LogP contribution in [0.4, 0.5) is 17.6 Å². The fourth-order valence-electron chi connectivity index (χ4n) is 0.964. The second-order valence-corrected chi connectivity index (χ2v) is 4.87. The van der Waals surface area contributed by atoms with Crippen molar-refractivity contribution in [2.24, 2.45) is 0 Å². The summed E-state index contributed by atoms with van der Waals surface area (Å²) in [4.78, 5) is 5.46. The van der Waals surface area contributed by atoms with Crippen LogP contribution in [0.3, 0.4) is 0 Å². The molecular weight excluding hydrogens is 278 g/mol. The molecule has 0 amide bonds. The van der Waals surface area contributed by atoms with Crippen LogP contribution in [-0.4, -0.2) is 14.3 Å². The van der Waals surface area contributed by atoms with Crippen LogP contribution >= 0.6 is 23.3 Å². The molecule has 0 N–H and O–H groups in total. The number of hydrogen-bond acceptors (Lipinski definition) is 5. The lowest BCUT2D eigenvalue weighted by Gasteiger charge is -2.02. The zero-order valence-corrected chi connectivity index (χ0v) is 9.80. The summed E-state index contributed by atoms with van der Waals surface area (Å²) in [5.41, 5.74) is 0. The molecule has 9 heteroatoms. The van der Waals surface area contributed by atoms with Crippen molar-refractivity contribution in [3.05, 3.63) is 29.4 Å². The summed E-state index contributed by atoms with van der Waals surface area (Å²) in [7, 11) is 0. The summed E-state index contributed by atoms with van der Waals surface area (Å²) >= 11 is 1.34. The Labute approximate surface area is 101 Å². The number of hydrogen-bond donors (Lipinski definition) is 0. The van der Waals surface area contributed by atoms with Crippen molar-refractivity contribution in [1.82, 2.24) is 14.3 Å². The van der Waals surface area contributed by atoms with E-state index in [1.54, 1.807) is 6.92 Å². The van der Waals surface area contributed by atoms with Crippen molar-refractivity contribution in [2.75, 3.05) is 0 Å². The van der Waals surface area contributed by atoms with Crippen LogP contribution in [0.15, 0.2) is 9.24 Å². The van der Waals surface area contributed by atoms with E-state index in [1.807, 2.05) is 0 Å². The van der Waals surface area contributed by atoms with E-state index in [0.29, 0.717) is 17.6 Å². The average molecular weight is 281 g/mol. The highest BCUT2D eigenvalue weighted by atomic mass is 32.2. The van der Waals surface area contributed by atoms with Gasteiger partial charge in [0.05, 0.1) is 4.90 Å². The summed E-state index contributed by atoms with van der Waals surface area (Å²) in [6.45, 7) is 1.58. The van der Waals surface area contributed by atoms with E-state index < -0.39 is 28.4 Å². The van der Waals surface area contributed by atoms with E-state index in [2.05, 4.69) is 14.3 Å². The Bertz CT molecular complexity index is 546. The molecular formula is C8H3F4N3S2. The van der Waals surface area contributed by atoms with Gasteiger partial charge in [-0.2, -0.15) is 18.1 Å². The number of aryl methyl sites for hydroxylation is 1. The molecule has 0 fully saturated rings. The van der Waals surface area contributed by atoms with Gasteiger partial charge in [0.25, 0.3) is 11.9 Å². The summed E-state index contributed by atoms with van der Waals surface area (Å²) < 4.78 is 56.0. The van der Waals surface area contributed by atoms with Gasteiger partial charge in [-0.3, -0.25) is 0 Å². The minimum absolute atomic E-state index is 0.185. The monoisotopic (exact) mass is 281 g/mol. The van der Waals surface area contributed by atoms with Crippen LogP contribution in [0.1, 0.15) is 5.82 Å². The molecule has 0 aromatic carbocycles. The number of aromatic nitrogens is 3. The van der Waals surface area contributed by atoms with Gasteiger partial charge in [0.1, 0.15) is 5.82 Å². The van der Waals surface area contributed by atoms with Crippen LogP contribution in [0, 0.1) is 30.5 Å². The molecule has 2 aromatic rings. The third-order valence-corrected chi connectivity index (χ3v) is 3.56.